The second-order valence-corrected chi connectivity index (χ2v) is 13.1. The normalized spacial score (nSPS) is 32.5. The van der Waals surface area contributed by atoms with Gasteiger partial charge >= 0.3 is 11.9 Å². The molecule has 2 unspecified atom stereocenters. The Morgan fingerprint density at radius 2 is 1.68 bits per heavy atom. The van der Waals surface area contributed by atoms with E-state index < -0.39 is 35.2 Å². The average Bonchev–Trinajstić information content (AvgIpc) is 3.66. The lowest BCUT2D eigenvalue weighted by atomic mass is 9.48. The Labute approximate surface area is 253 Å². The SMILES string of the molecule is O=C(O)C(O)C(O)C(=O)O.O=C1c2ccccc2CN1[C@@H]1CC[C@@]2(O)[C@H]3Cc4ccc(O)c5c4[C@@]2(CCN3CC2CC2)[C@@H]1O5. The van der Waals surface area contributed by atoms with Crippen LogP contribution in [-0.4, -0.2) is 107 Å². The fraction of sp³-hybridized carbons (Fsp3) is 0.531. The monoisotopic (exact) mass is 608 g/mol. The molecule has 6 N–H and O–H groups in total. The van der Waals surface area contributed by atoms with E-state index in [1.54, 1.807) is 6.07 Å². The number of hydrogen-bond acceptors (Lipinski definition) is 9. The van der Waals surface area contributed by atoms with Gasteiger partial charge in [0.2, 0.25) is 0 Å². The van der Waals surface area contributed by atoms with E-state index in [0.717, 1.165) is 48.5 Å². The second kappa shape index (κ2) is 10.2. The summed E-state index contributed by atoms with van der Waals surface area (Å²) in [5.41, 5.74) is 2.56. The number of amides is 1. The molecule has 6 aliphatic rings. The van der Waals surface area contributed by atoms with E-state index in [0.29, 0.717) is 25.1 Å². The molecule has 1 saturated heterocycles. The number of aliphatic carboxylic acids is 2. The van der Waals surface area contributed by atoms with Gasteiger partial charge in [0.1, 0.15) is 6.10 Å². The van der Waals surface area contributed by atoms with Gasteiger partial charge in [-0.05, 0) is 74.2 Å². The molecule has 1 spiro atoms. The fourth-order valence-corrected chi connectivity index (χ4v) is 8.59. The van der Waals surface area contributed by atoms with Crippen LogP contribution >= 0.6 is 0 Å². The van der Waals surface area contributed by atoms with Gasteiger partial charge in [-0.1, -0.05) is 24.3 Å². The number of phenols is 1. The van der Waals surface area contributed by atoms with Crippen molar-refractivity contribution in [1.29, 1.82) is 0 Å². The molecule has 2 aromatic rings. The Kier molecular flexibility index (Phi) is 6.70. The predicted octanol–water partition coefficient (Wildman–Crippen LogP) is 0.858. The summed E-state index contributed by atoms with van der Waals surface area (Å²) in [5, 5.41) is 55.9. The number of aliphatic hydroxyl groups excluding tert-OH is 2. The van der Waals surface area contributed by atoms with Crippen LogP contribution in [0.5, 0.6) is 11.5 Å². The molecule has 3 heterocycles. The minimum absolute atomic E-state index is 0.0587. The van der Waals surface area contributed by atoms with Crippen molar-refractivity contribution in [3.63, 3.8) is 0 Å². The summed E-state index contributed by atoms with van der Waals surface area (Å²) >= 11 is 0. The molecule has 1 amide bonds. The number of aliphatic hydroxyl groups is 3. The smallest absolute Gasteiger partial charge is 0.335 e. The molecule has 12 nitrogen and oxygen atoms in total. The van der Waals surface area contributed by atoms with E-state index in [2.05, 4.69) is 4.90 Å². The number of hydrogen-bond donors (Lipinski definition) is 6. The maximum Gasteiger partial charge on any atom is 0.335 e. The van der Waals surface area contributed by atoms with Gasteiger partial charge in [-0.15, -0.1) is 0 Å². The van der Waals surface area contributed by atoms with Crippen molar-refractivity contribution < 1.29 is 49.8 Å². The van der Waals surface area contributed by atoms with Crippen LogP contribution in [0.25, 0.3) is 0 Å². The summed E-state index contributed by atoms with van der Waals surface area (Å²) in [6.07, 6.45) is 0.667. The lowest BCUT2D eigenvalue weighted by Crippen LogP contribution is -2.78. The van der Waals surface area contributed by atoms with Crippen molar-refractivity contribution in [1.82, 2.24) is 9.80 Å². The van der Waals surface area contributed by atoms with E-state index in [9.17, 15) is 24.6 Å². The third kappa shape index (κ3) is 4.08. The summed E-state index contributed by atoms with van der Waals surface area (Å²) in [5.74, 6) is -2.01. The number of likely N-dealkylation sites (tertiary alicyclic amines) is 1. The first kappa shape index (κ1) is 29.0. The van der Waals surface area contributed by atoms with Crippen molar-refractivity contribution in [2.45, 2.75) is 86.5 Å². The van der Waals surface area contributed by atoms with Crippen LogP contribution in [0.2, 0.25) is 0 Å². The van der Waals surface area contributed by atoms with Gasteiger partial charge in [-0.25, -0.2) is 9.59 Å². The van der Waals surface area contributed by atoms with E-state index >= 15 is 0 Å². The Morgan fingerprint density at radius 1 is 0.977 bits per heavy atom. The highest BCUT2D eigenvalue weighted by Crippen LogP contribution is 2.66. The first-order valence-corrected chi connectivity index (χ1v) is 15.2. The third-order valence-corrected chi connectivity index (χ3v) is 10.8. The second-order valence-electron chi connectivity index (χ2n) is 13.1. The largest absolute Gasteiger partial charge is 0.504 e. The fourth-order valence-electron chi connectivity index (χ4n) is 8.59. The zero-order valence-electron chi connectivity index (χ0n) is 24.0. The summed E-state index contributed by atoms with van der Waals surface area (Å²) in [7, 11) is 0. The van der Waals surface area contributed by atoms with Crippen LogP contribution < -0.4 is 4.74 Å². The van der Waals surface area contributed by atoms with Crippen LogP contribution in [0.15, 0.2) is 36.4 Å². The molecule has 12 heteroatoms. The number of carbonyl (C=O) groups excluding carboxylic acids is 1. The van der Waals surface area contributed by atoms with Gasteiger partial charge in [0.05, 0.1) is 17.1 Å². The molecule has 2 aromatic carbocycles. The molecule has 0 radical (unpaired) electrons. The molecule has 7 atom stereocenters. The third-order valence-electron chi connectivity index (χ3n) is 10.8. The van der Waals surface area contributed by atoms with Crippen LogP contribution in [0, 0.1) is 5.92 Å². The van der Waals surface area contributed by atoms with Gasteiger partial charge in [-0.3, -0.25) is 9.69 Å². The highest BCUT2D eigenvalue weighted by atomic mass is 16.5. The first-order chi connectivity index (χ1) is 21.0. The molecule has 0 aromatic heterocycles. The summed E-state index contributed by atoms with van der Waals surface area (Å²) < 4.78 is 6.65. The van der Waals surface area contributed by atoms with E-state index in [1.165, 1.54) is 18.4 Å². The number of carboxylic acids is 2. The number of carboxylic acid groups (broad SMARTS) is 2. The molecular weight excluding hydrogens is 572 g/mol. The number of rotatable bonds is 6. The molecule has 44 heavy (non-hydrogen) atoms. The van der Waals surface area contributed by atoms with Crippen molar-refractivity contribution in [3.05, 3.63) is 58.7 Å². The molecule has 2 saturated carbocycles. The highest BCUT2D eigenvalue weighted by molar-refractivity contribution is 5.98. The van der Waals surface area contributed by atoms with Gasteiger partial charge < -0.3 is 40.3 Å². The zero-order chi connectivity index (χ0) is 31.1. The Hall–Kier alpha value is -3.71. The molecule has 3 aliphatic carbocycles. The molecular formula is C32H36N2O10. The summed E-state index contributed by atoms with van der Waals surface area (Å²) in [6.45, 7) is 2.58. The molecule has 8 rings (SSSR count). The summed E-state index contributed by atoms with van der Waals surface area (Å²) in [4.78, 5) is 37.5. The van der Waals surface area contributed by atoms with Gasteiger partial charge in [-0.2, -0.15) is 0 Å². The Morgan fingerprint density at radius 3 is 2.34 bits per heavy atom. The number of ether oxygens (including phenoxy) is 1. The molecule has 3 fully saturated rings. The van der Waals surface area contributed by atoms with Crippen LogP contribution in [-0.2, 0) is 28.0 Å². The number of aromatic hydroxyl groups is 1. The Bertz CT molecular complexity index is 1520. The van der Waals surface area contributed by atoms with Crippen molar-refractivity contribution in [3.8, 4) is 11.5 Å². The van der Waals surface area contributed by atoms with Crippen LogP contribution in [0.3, 0.4) is 0 Å². The van der Waals surface area contributed by atoms with Gasteiger partial charge in [0.15, 0.2) is 23.7 Å². The quantitative estimate of drug-likeness (QED) is 0.273. The predicted molar refractivity (Wildman–Crippen MR) is 152 cm³/mol. The van der Waals surface area contributed by atoms with Crippen molar-refractivity contribution in [2.24, 2.45) is 5.92 Å². The standard InChI is InChI=1S/C28H30N2O4.C4H6O6/c31-21-8-7-17-13-22-28(33)10-9-20(30-15-18-3-1-2-4-19(18)26(30)32)25-27(28,23(17)24(21)34-25)11-12-29(22)14-16-5-6-16;5-1(3(7)8)2(6)4(9)10/h1-4,7-8,16,20,22,25,31,33H,5-6,9-15H2;1-2,5-6H,(H,7,8)(H,9,10)/t20-,22-,25-,27+,28-;/m1./s1. The van der Waals surface area contributed by atoms with Gasteiger partial charge in [0.25, 0.3) is 5.91 Å². The highest BCUT2D eigenvalue weighted by Gasteiger charge is 2.73. The number of carbonyl (C=O) groups is 3. The molecule has 2 bridgehead atoms. The van der Waals surface area contributed by atoms with Crippen molar-refractivity contribution in [2.75, 3.05) is 13.1 Å². The van der Waals surface area contributed by atoms with Crippen LogP contribution in [0.4, 0.5) is 0 Å². The first-order valence-electron chi connectivity index (χ1n) is 15.2. The zero-order valence-corrected chi connectivity index (χ0v) is 24.0. The maximum atomic E-state index is 13.5. The lowest BCUT2D eigenvalue weighted by Gasteiger charge is -2.64. The minimum Gasteiger partial charge on any atom is -0.504 e. The van der Waals surface area contributed by atoms with E-state index in [-0.39, 0.29) is 29.8 Å². The molecule has 234 valence electrons. The minimum atomic E-state index is -2.27. The van der Waals surface area contributed by atoms with E-state index in [1.807, 2.05) is 35.2 Å². The summed E-state index contributed by atoms with van der Waals surface area (Å²) in [6, 6.07) is 11.6. The molecule has 3 aliphatic heterocycles. The number of nitrogens with zero attached hydrogens (tertiary/aromatic N) is 2. The van der Waals surface area contributed by atoms with Gasteiger partial charge in [0, 0.05) is 30.3 Å². The number of fused-ring (bicyclic) bond motifs is 1. The average molecular weight is 609 g/mol. The Balaban J connectivity index is 0.000000273. The number of phenolic OH excluding ortho intramolecular Hbond substituents is 1. The van der Waals surface area contributed by atoms with E-state index in [4.69, 9.17) is 25.2 Å². The van der Waals surface area contributed by atoms with Crippen LogP contribution in [0.1, 0.15) is 59.2 Å². The lowest BCUT2D eigenvalue weighted by molar-refractivity contribution is -0.198. The number of piperidine rings is 1. The topological polar surface area (TPSA) is 188 Å². The number of benzene rings is 2. The van der Waals surface area contributed by atoms with Crippen molar-refractivity contribution >= 4 is 17.8 Å². The maximum absolute atomic E-state index is 13.5.